The molecule has 2 N–H and O–H groups in total. The number of hydrogen-bond acceptors (Lipinski definition) is 3. The molecule has 1 aromatic rings. The number of hydrogen-bond donors (Lipinski definition) is 2. The third-order valence-corrected chi connectivity index (χ3v) is 5.20. The number of aliphatic hydroxyl groups is 1. The molecule has 2 aliphatic rings. The zero-order valence-corrected chi connectivity index (χ0v) is 13.0. The molecule has 3 rings (SSSR count). The number of aliphatic hydroxyl groups excluding tert-OH is 1. The molecule has 4 unspecified atom stereocenters. The zero-order chi connectivity index (χ0) is 15.9. The summed E-state index contributed by atoms with van der Waals surface area (Å²) < 4.78 is 33.2. The van der Waals surface area contributed by atoms with Gasteiger partial charge in [0.2, 0.25) is 0 Å². The van der Waals surface area contributed by atoms with E-state index in [0.717, 1.165) is 19.4 Å². The Morgan fingerprint density at radius 3 is 2.73 bits per heavy atom. The van der Waals surface area contributed by atoms with E-state index < -0.39 is 17.7 Å². The molecule has 0 aromatic heterocycles. The minimum atomic E-state index is -1.19. The average molecular weight is 311 g/mol. The van der Waals surface area contributed by atoms with Gasteiger partial charge in [-0.25, -0.2) is 8.78 Å². The van der Waals surface area contributed by atoms with Gasteiger partial charge in [-0.3, -0.25) is 0 Å². The van der Waals surface area contributed by atoms with E-state index in [1.807, 2.05) is 0 Å². The van der Waals surface area contributed by atoms with E-state index in [4.69, 9.17) is 4.74 Å². The van der Waals surface area contributed by atoms with Crippen LogP contribution in [0.25, 0.3) is 0 Å². The van der Waals surface area contributed by atoms with Crippen LogP contribution in [-0.4, -0.2) is 30.4 Å². The fourth-order valence-electron chi connectivity index (χ4n) is 4.11. The molecule has 0 radical (unpaired) electrons. The molecule has 22 heavy (non-hydrogen) atoms. The van der Waals surface area contributed by atoms with E-state index in [9.17, 15) is 13.9 Å². The first-order valence-electron chi connectivity index (χ1n) is 7.90. The molecule has 4 atom stereocenters. The first-order chi connectivity index (χ1) is 10.4. The van der Waals surface area contributed by atoms with Crippen LogP contribution in [0.15, 0.2) is 18.2 Å². The molecule has 3 nitrogen and oxygen atoms in total. The van der Waals surface area contributed by atoms with Gasteiger partial charge in [0, 0.05) is 30.5 Å². The second-order valence-corrected chi connectivity index (χ2v) is 6.96. The fourth-order valence-corrected chi connectivity index (χ4v) is 4.11. The molecular formula is C17H23F2NO2. The highest BCUT2D eigenvalue weighted by Gasteiger charge is 2.57. The maximum absolute atomic E-state index is 13.7. The molecule has 1 aliphatic carbocycles. The van der Waals surface area contributed by atoms with Crippen molar-refractivity contribution in [1.29, 1.82) is 0 Å². The van der Waals surface area contributed by atoms with Gasteiger partial charge in [-0.15, -0.1) is 0 Å². The highest BCUT2D eigenvalue weighted by atomic mass is 19.1. The molecule has 1 saturated carbocycles. The van der Waals surface area contributed by atoms with E-state index in [0.29, 0.717) is 5.92 Å². The predicted molar refractivity (Wildman–Crippen MR) is 79.4 cm³/mol. The predicted octanol–water partition coefficient (Wildman–Crippen LogP) is 2.79. The smallest absolute Gasteiger partial charge is 0.131 e. The van der Waals surface area contributed by atoms with E-state index in [1.54, 1.807) is 0 Å². The van der Waals surface area contributed by atoms with Crippen molar-refractivity contribution >= 4 is 0 Å². The van der Waals surface area contributed by atoms with Crippen molar-refractivity contribution in [3.05, 3.63) is 35.4 Å². The lowest BCUT2D eigenvalue weighted by molar-refractivity contribution is -0.193. The summed E-state index contributed by atoms with van der Waals surface area (Å²) in [6.07, 6.45) is 1.18. The number of rotatable bonds is 4. The van der Waals surface area contributed by atoms with Gasteiger partial charge >= 0.3 is 0 Å². The van der Waals surface area contributed by atoms with Gasteiger partial charge in [0.1, 0.15) is 11.6 Å². The highest BCUT2D eigenvalue weighted by Crippen LogP contribution is 2.51. The summed E-state index contributed by atoms with van der Waals surface area (Å²) >= 11 is 0. The number of halogens is 2. The first kappa shape index (κ1) is 15.8. The molecule has 1 heterocycles. The first-order valence-corrected chi connectivity index (χ1v) is 7.90. The zero-order valence-electron chi connectivity index (χ0n) is 13.0. The summed E-state index contributed by atoms with van der Waals surface area (Å²) in [6.45, 7) is 5.20. The second-order valence-electron chi connectivity index (χ2n) is 6.96. The van der Waals surface area contributed by atoms with Gasteiger partial charge < -0.3 is 15.2 Å². The maximum Gasteiger partial charge on any atom is 0.131 e. The van der Waals surface area contributed by atoms with Crippen molar-refractivity contribution in [2.75, 3.05) is 13.2 Å². The second kappa shape index (κ2) is 5.87. The monoisotopic (exact) mass is 311 g/mol. The Morgan fingerprint density at radius 1 is 1.36 bits per heavy atom. The Labute approximate surface area is 129 Å². The van der Waals surface area contributed by atoms with Gasteiger partial charge in [-0.1, -0.05) is 19.9 Å². The number of ether oxygens (including phenoxy) is 1. The lowest BCUT2D eigenvalue weighted by Crippen LogP contribution is -2.69. The minimum Gasteiger partial charge on any atom is -0.387 e. The maximum atomic E-state index is 13.7. The summed E-state index contributed by atoms with van der Waals surface area (Å²) in [6, 6.07) is 3.83. The van der Waals surface area contributed by atoms with Gasteiger partial charge in [0.15, 0.2) is 0 Å². The van der Waals surface area contributed by atoms with Gasteiger partial charge in [0.05, 0.1) is 17.8 Å². The Kier molecular flexibility index (Phi) is 4.23. The minimum absolute atomic E-state index is 0.0292. The molecule has 0 amide bonds. The van der Waals surface area contributed by atoms with Gasteiger partial charge in [-0.2, -0.15) is 0 Å². The number of fused-ring (bicyclic) bond motifs is 1. The third kappa shape index (κ3) is 2.55. The van der Waals surface area contributed by atoms with Crippen LogP contribution in [0.2, 0.25) is 0 Å². The molecule has 122 valence electrons. The lowest BCUT2D eigenvalue weighted by Gasteiger charge is -2.60. The topological polar surface area (TPSA) is 41.5 Å². The Morgan fingerprint density at radius 2 is 2.05 bits per heavy atom. The van der Waals surface area contributed by atoms with Crippen molar-refractivity contribution in [3.8, 4) is 0 Å². The van der Waals surface area contributed by atoms with E-state index in [-0.39, 0.29) is 29.7 Å². The normalized spacial score (nSPS) is 31.2. The molecule has 2 fully saturated rings. The van der Waals surface area contributed by atoms with Crippen molar-refractivity contribution in [2.45, 2.75) is 44.9 Å². The van der Waals surface area contributed by atoms with E-state index >= 15 is 0 Å². The van der Waals surface area contributed by atoms with Crippen LogP contribution >= 0.6 is 0 Å². The van der Waals surface area contributed by atoms with Crippen LogP contribution in [0, 0.1) is 23.0 Å². The standard InChI is InChI=1S/C17H23F2NO2/c1-17(2)15(10-5-4-8-22-16(10)17)20-9-13(21)14-11(18)6-3-7-12(14)19/h3,6-7,10,13,15-16,20-21H,4-5,8-9H2,1-2H3. The van der Waals surface area contributed by atoms with E-state index in [2.05, 4.69) is 19.2 Å². The number of benzene rings is 1. The van der Waals surface area contributed by atoms with Crippen molar-refractivity contribution in [1.82, 2.24) is 5.32 Å². The average Bonchev–Trinajstić information content (AvgIpc) is 2.47. The molecular weight excluding hydrogens is 288 g/mol. The summed E-state index contributed by atoms with van der Waals surface area (Å²) in [5.74, 6) is -0.997. The van der Waals surface area contributed by atoms with Gasteiger partial charge in [0.25, 0.3) is 0 Å². The summed E-state index contributed by atoms with van der Waals surface area (Å²) in [5.41, 5.74) is -0.290. The van der Waals surface area contributed by atoms with Crippen molar-refractivity contribution in [3.63, 3.8) is 0 Å². The summed E-state index contributed by atoms with van der Waals surface area (Å²) in [4.78, 5) is 0. The Balaban J connectivity index is 1.65. The molecule has 1 aromatic carbocycles. The van der Waals surface area contributed by atoms with Crippen LogP contribution in [0.4, 0.5) is 8.78 Å². The summed E-state index contributed by atoms with van der Waals surface area (Å²) in [7, 11) is 0. The quantitative estimate of drug-likeness (QED) is 0.898. The fraction of sp³-hybridized carbons (Fsp3) is 0.647. The van der Waals surface area contributed by atoms with Crippen LogP contribution in [0.5, 0.6) is 0 Å². The van der Waals surface area contributed by atoms with Gasteiger partial charge in [-0.05, 0) is 25.0 Å². The lowest BCUT2D eigenvalue weighted by atomic mass is 9.55. The van der Waals surface area contributed by atoms with Crippen molar-refractivity contribution < 1.29 is 18.6 Å². The van der Waals surface area contributed by atoms with Crippen LogP contribution in [0.3, 0.4) is 0 Å². The van der Waals surface area contributed by atoms with Crippen LogP contribution < -0.4 is 5.32 Å². The largest absolute Gasteiger partial charge is 0.387 e. The van der Waals surface area contributed by atoms with Crippen LogP contribution in [-0.2, 0) is 4.74 Å². The Hall–Kier alpha value is -1.04. The van der Waals surface area contributed by atoms with Crippen LogP contribution in [0.1, 0.15) is 38.4 Å². The summed E-state index contributed by atoms with van der Waals surface area (Å²) in [5, 5.41) is 13.4. The molecule has 1 aliphatic heterocycles. The molecule has 0 spiro atoms. The Bertz CT molecular complexity index is 529. The van der Waals surface area contributed by atoms with Crippen molar-refractivity contribution in [2.24, 2.45) is 11.3 Å². The molecule has 5 heteroatoms. The van der Waals surface area contributed by atoms with E-state index in [1.165, 1.54) is 18.2 Å². The molecule has 1 saturated heterocycles. The SMILES string of the molecule is CC1(C)C(NCC(O)c2c(F)cccc2F)C2CCCOC21. The third-order valence-electron chi connectivity index (χ3n) is 5.20. The number of nitrogens with one attached hydrogen (secondary N) is 1. The molecule has 0 bridgehead atoms. The highest BCUT2D eigenvalue weighted by molar-refractivity contribution is 5.22.